The zero-order valence-corrected chi connectivity index (χ0v) is 9.47. The predicted molar refractivity (Wildman–Crippen MR) is 60.3 cm³/mol. The van der Waals surface area contributed by atoms with E-state index in [4.69, 9.17) is 5.41 Å². The third-order valence-electron chi connectivity index (χ3n) is 1.63. The highest BCUT2D eigenvalue weighted by atomic mass is 127. The fraction of sp³-hybridized carbons (Fsp3) is 0.111. The van der Waals surface area contributed by atoms with Crippen molar-refractivity contribution in [3.63, 3.8) is 0 Å². The lowest BCUT2D eigenvalue weighted by molar-refractivity contribution is 0.582. The molecule has 0 heterocycles. The van der Waals surface area contributed by atoms with Crippen LogP contribution in [0.4, 0.5) is 8.78 Å². The van der Waals surface area contributed by atoms with Crippen LogP contribution in [0.3, 0.4) is 0 Å². The van der Waals surface area contributed by atoms with Crippen LogP contribution in [0.15, 0.2) is 21.4 Å². The highest BCUT2D eigenvalue weighted by Crippen LogP contribution is 2.12. The molecular weight excluding hydrogens is 301 g/mol. The Balaban J connectivity index is 3.25. The van der Waals surface area contributed by atoms with E-state index in [-0.39, 0.29) is 17.0 Å². The minimum atomic E-state index is -0.702. The van der Waals surface area contributed by atoms with E-state index in [1.54, 1.807) is 22.9 Å². The first-order chi connectivity index (χ1) is 6.56. The van der Waals surface area contributed by atoms with E-state index in [9.17, 15) is 8.78 Å². The zero-order valence-electron chi connectivity index (χ0n) is 7.31. The average Bonchev–Trinajstić information content (AvgIpc) is 2.09. The minimum Gasteiger partial charge on any atom is -0.303 e. The molecule has 1 N–H and O–H groups in total. The molecule has 14 heavy (non-hydrogen) atoms. The second-order valence-electron chi connectivity index (χ2n) is 2.68. The van der Waals surface area contributed by atoms with Gasteiger partial charge in [0.15, 0.2) is 0 Å². The summed E-state index contributed by atoms with van der Waals surface area (Å²) in [5.74, 6) is -1.34. The first-order valence-corrected chi connectivity index (χ1v) is 4.72. The van der Waals surface area contributed by atoms with Crippen LogP contribution in [0.25, 0.3) is 0 Å². The highest BCUT2D eigenvalue weighted by Gasteiger charge is 2.11. The van der Waals surface area contributed by atoms with E-state index >= 15 is 0 Å². The Hall–Kier alpha value is -0.850. The Bertz CT molecular complexity index is 402. The maximum atomic E-state index is 13.2. The summed E-state index contributed by atoms with van der Waals surface area (Å²) in [4.78, 5) is 0. The Kier molecular flexibility index (Phi) is 3.68. The van der Waals surface area contributed by atoms with E-state index in [1.165, 1.54) is 13.0 Å². The van der Waals surface area contributed by atoms with Gasteiger partial charge in [0.1, 0.15) is 17.3 Å². The number of nitrogens with one attached hydrogen (secondary N) is 1. The zero-order chi connectivity index (χ0) is 10.7. The highest BCUT2D eigenvalue weighted by molar-refractivity contribution is 14.1. The summed E-state index contributed by atoms with van der Waals surface area (Å²) in [7, 11) is 0. The molecular formula is C9H7F2IN2. The van der Waals surface area contributed by atoms with Crippen LogP contribution < -0.4 is 0 Å². The van der Waals surface area contributed by atoms with E-state index in [0.717, 1.165) is 12.1 Å². The van der Waals surface area contributed by atoms with Gasteiger partial charge in [-0.2, -0.15) is 0 Å². The monoisotopic (exact) mass is 308 g/mol. The largest absolute Gasteiger partial charge is 0.303 e. The molecule has 0 unspecified atom stereocenters. The lowest BCUT2D eigenvalue weighted by atomic mass is 10.1. The van der Waals surface area contributed by atoms with Crippen molar-refractivity contribution in [2.24, 2.45) is 3.21 Å². The van der Waals surface area contributed by atoms with Crippen molar-refractivity contribution < 1.29 is 8.78 Å². The van der Waals surface area contributed by atoms with Crippen molar-refractivity contribution in [1.82, 2.24) is 0 Å². The molecule has 5 heteroatoms. The summed E-state index contributed by atoms with van der Waals surface area (Å²) in [6, 6.07) is 3.20. The third-order valence-corrected chi connectivity index (χ3v) is 2.11. The summed E-state index contributed by atoms with van der Waals surface area (Å²) < 4.78 is 29.6. The molecule has 0 aliphatic rings. The van der Waals surface area contributed by atoms with Gasteiger partial charge in [0.05, 0.1) is 28.6 Å². The molecule has 74 valence electrons. The molecule has 0 fully saturated rings. The Morgan fingerprint density at radius 3 is 2.50 bits per heavy atom. The van der Waals surface area contributed by atoms with E-state index in [1.807, 2.05) is 0 Å². The van der Waals surface area contributed by atoms with Crippen molar-refractivity contribution in [2.45, 2.75) is 6.92 Å². The fourth-order valence-corrected chi connectivity index (χ4v) is 1.61. The van der Waals surface area contributed by atoms with Crippen LogP contribution in [0.5, 0.6) is 0 Å². The summed E-state index contributed by atoms with van der Waals surface area (Å²) in [5.41, 5.74) is 0.515. The van der Waals surface area contributed by atoms with Gasteiger partial charge < -0.3 is 5.41 Å². The summed E-state index contributed by atoms with van der Waals surface area (Å²) in [6.45, 7) is 1.50. The predicted octanol–water partition coefficient (Wildman–Crippen LogP) is 3.14. The first-order valence-electron chi connectivity index (χ1n) is 3.76. The van der Waals surface area contributed by atoms with Gasteiger partial charge in [-0.25, -0.2) is 12.0 Å². The first kappa shape index (κ1) is 11.2. The number of benzene rings is 1. The van der Waals surface area contributed by atoms with Crippen molar-refractivity contribution >= 4 is 34.3 Å². The van der Waals surface area contributed by atoms with E-state index in [2.05, 4.69) is 3.21 Å². The average molecular weight is 308 g/mol. The Morgan fingerprint density at radius 1 is 1.43 bits per heavy atom. The van der Waals surface area contributed by atoms with Crippen molar-refractivity contribution in [2.75, 3.05) is 0 Å². The quantitative estimate of drug-likeness (QED) is 0.644. The van der Waals surface area contributed by atoms with Gasteiger partial charge in [0, 0.05) is 11.6 Å². The molecule has 0 saturated carbocycles. The minimum absolute atomic E-state index is 0.143. The normalized spacial score (nSPS) is 11.6. The van der Waals surface area contributed by atoms with Crippen molar-refractivity contribution in [3.8, 4) is 0 Å². The fourth-order valence-electron chi connectivity index (χ4n) is 0.992. The molecule has 0 aliphatic carbocycles. The molecule has 0 aromatic heterocycles. The van der Waals surface area contributed by atoms with Crippen LogP contribution in [0.1, 0.15) is 12.5 Å². The second-order valence-corrected chi connectivity index (χ2v) is 3.16. The molecule has 0 atom stereocenters. The number of hydrogen-bond donors (Lipinski definition) is 1. The summed E-state index contributed by atoms with van der Waals surface area (Å²) in [6.07, 6.45) is 0. The molecule has 0 spiro atoms. The second kappa shape index (κ2) is 4.59. The molecule has 2 nitrogen and oxygen atoms in total. The van der Waals surface area contributed by atoms with Gasteiger partial charge in [-0.05, 0) is 19.1 Å². The van der Waals surface area contributed by atoms with Crippen LogP contribution in [-0.2, 0) is 0 Å². The number of nitrogens with zero attached hydrogens (tertiary/aromatic N) is 1. The lowest BCUT2D eigenvalue weighted by Gasteiger charge is -2.04. The van der Waals surface area contributed by atoms with Crippen molar-refractivity contribution in [3.05, 3.63) is 35.4 Å². The molecule has 0 aliphatic heterocycles. The lowest BCUT2D eigenvalue weighted by Crippen LogP contribution is -2.12. The van der Waals surface area contributed by atoms with Crippen LogP contribution in [0.2, 0.25) is 0 Å². The van der Waals surface area contributed by atoms with Crippen LogP contribution in [-0.4, -0.2) is 11.4 Å². The van der Waals surface area contributed by atoms with E-state index in [0.29, 0.717) is 0 Å². The molecule has 1 aromatic rings. The Morgan fingerprint density at radius 2 is 2.07 bits per heavy atom. The van der Waals surface area contributed by atoms with Gasteiger partial charge in [-0.3, -0.25) is 0 Å². The van der Waals surface area contributed by atoms with Gasteiger partial charge in [0.25, 0.3) is 0 Å². The van der Waals surface area contributed by atoms with Gasteiger partial charge in [0.2, 0.25) is 0 Å². The van der Waals surface area contributed by atoms with Crippen LogP contribution >= 0.6 is 22.9 Å². The summed E-state index contributed by atoms with van der Waals surface area (Å²) in [5, 5.41) is 7.34. The third kappa shape index (κ3) is 2.34. The molecule has 0 radical (unpaired) electrons. The smallest absolute Gasteiger partial charge is 0.135 e. The standard InChI is InChI=1S/C9H7F2IN2/c1-5(13)9(14-12)7-3-2-6(10)4-8(7)11/h2-4,13H,1H3/b13-5?,14-9+. The topological polar surface area (TPSA) is 36.2 Å². The molecule has 1 rings (SSSR count). The SMILES string of the molecule is CC(=N)/C(=N\I)c1ccc(F)cc1F. The molecule has 1 aromatic carbocycles. The van der Waals surface area contributed by atoms with Crippen molar-refractivity contribution in [1.29, 1.82) is 5.41 Å². The summed E-state index contributed by atoms with van der Waals surface area (Å²) >= 11 is 1.68. The molecule has 0 amide bonds. The van der Waals surface area contributed by atoms with Gasteiger partial charge in [-0.1, -0.05) is 0 Å². The maximum Gasteiger partial charge on any atom is 0.135 e. The maximum absolute atomic E-state index is 13.2. The number of hydrogen-bond acceptors (Lipinski definition) is 2. The number of halogens is 3. The molecule has 0 saturated heterocycles. The Labute approximate surface area is 94.1 Å². The molecule has 0 bridgehead atoms. The van der Waals surface area contributed by atoms with Gasteiger partial charge in [-0.15, -0.1) is 0 Å². The number of rotatable bonds is 2. The van der Waals surface area contributed by atoms with Gasteiger partial charge >= 0.3 is 0 Å². The van der Waals surface area contributed by atoms with E-state index < -0.39 is 11.6 Å². The van der Waals surface area contributed by atoms with Crippen LogP contribution in [0, 0.1) is 17.0 Å².